The molecule has 1 rings (SSSR count). The maximum Gasteiger partial charge on any atom is 0.318 e. The van der Waals surface area contributed by atoms with Crippen molar-refractivity contribution in [1.29, 1.82) is 0 Å². The molecular formula is C7H5BrFNO3. The van der Waals surface area contributed by atoms with Crippen LogP contribution >= 0.6 is 15.9 Å². The van der Waals surface area contributed by atoms with Crippen LogP contribution in [0.2, 0.25) is 0 Å². The van der Waals surface area contributed by atoms with Gasteiger partial charge in [-0.15, -0.1) is 0 Å². The third-order valence-electron chi connectivity index (χ3n) is 1.44. The number of rotatable bonds is 2. The van der Waals surface area contributed by atoms with E-state index < -0.39 is 16.4 Å². The first-order valence-corrected chi connectivity index (χ1v) is 4.08. The lowest BCUT2D eigenvalue weighted by Crippen LogP contribution is -1.96. The predicted molar refractivity (Wildman–Crippen MR) is 46.7 cm³/mol. The summed E-state index contributed by atoms with van der Waals surface area (Å²) in [7, 11) is 0. The molecule has 0 aliphatic carbocycles. The van der Waals surface area contributed by atoms with Crippen molar-refractivity contribution in [2.24, 2.45) is 0 Å². The van der Waals surface area contributed by atoms with Gasteiger partial charge in [-0.2, -0.15) is 4.39 Å². The van der Waals surface area contributed by atoms with E-state index in [0.717, 1.165) is 6.07 Å². The lowest BCUT2D eigenvalue weighted by molar-refractivity contribution is -0.388. The fraction of sp³-hybridized carbons (Fsp3) is 0.143. The van der Waals surface area contributed by atoms with Crippen LogP contribution < -0.4 is 0 Å². The Bertz CT molecular complexity index is 333. The molecule has 0 radical (unpaired) electrons. The van der Waals surface area contributed by atoms with Crippen LogP contribution in [0.3, 0.4) is 0 Å². The van der Waals surface area contributed by atoms with Gasteiger partial charge in [-0.05, 0) is 33.6 Å². The van der Waals surface area contributed by atoms with E-state index >= 15 is 0 Å². The first kappa shape index (κ1) is 10.1. The molecule has 0 aromatic heterocycles. The maximum absolute atomic E-state index is 13.0. The molecule has 0 spiro atoms. The minimum Gasteiger partial charge on any atom is -0.392 e. The fourth-order valence-corrected chi connectivity index (χ4v) is 1.51. The van der Waals surface area contributed by atoms with Crippen LogP contribution in [-0.2, 0) is 6.61 Å². The highest BCUT2D eigenvalue weighted by Gasteiger charge is 2.19. The zero-order valence-corrected chi connectivity index (χ0v) is 7.91. The van der Waals surface area contributed by atoms with Crippen molar-refractivity contribution >= 4 is 21.6 Å². The summed E-state index contributed by atoms with van der Waals surface area (Å²) in [5.41, 5.74) is -0.327. The van der Waals surface area contributed by atoms with Crippen LogP contribution in [-0.4, -0.2) is 10.0 Å². The maximum atomic E-state index is 13.0. The average molecular weight is 250 g/mol. The van der Waals surface area contributed by atoms with Crippen molar-refractivity contribution in [2.75, 3.05) is 0 Å². The highest BCUT2D eigenvalue weighted by Crippen LogP contribution is 2.29. The Morgan fingerprint density at radius 3 is 2.62 bits per heavy atom. The number of nitro benzene ring substituents is 1. The van der Waals surface area contributed by atoms with Crippen LogP contribution in [0.1, 0.15) is 5.56 Å². The Labute approximate surface area is 81.3 Å². The number of hydrogen-bond donors (Lipinski definition) is 1. The number of aliphatic hydroxyl groups excluding tert-OH is 1. The van der Waals surface area contributed by atoms with Crippen LogP contribution in [0.5, 0.6) is 0 Å². The van der Waals surface area contributed by atoms with Gasteiger partial charge in [-0.25, -0.2) is 0 Å². The van der Waals surface area contributed by atoms with E-state index in [4.69, 9.17) is 5.11 Å². The van der Waals surface area contributed by atoms with Crippen molar-refractivity contribution < 1.29 is 14.4 Å². The van der Waals surface area contributed by atoms with Gasteiger partial charge < -0.3 is 5.11 Å². The fourth-order valence-electron chi connectivity index (χ4n) is 0.884. The van der Waals surface area contributed by atoms with Crippen molar-refractivity contribution in [2.45, 2.75) is 6.61 Å². The smallest absolute Gasteiger partial charge is 0.318 e. The first-order chi connectivity index (χ1) is 6.06. The van der Waals surface area contributed by atoms with E-state index in [1.165, 1.54) is 6.07 Å². The summed E-state index contributed by atoms with van der Waals surface area (Å²) < 4.78 is 13.0. The molecule has 0 atom stereocenters. The number of nitro groups is 1. The summed E-state index contributed by atoms with van der Waals surface area (Å²) in [6.45, 7) is -0.354. The zero-order chi connectivity index (χ0) is 10.0. The van der Waals surface area contributed by atoms with Gasteiger partial charge in [0.15, 0.2) is 0 Å². The molecule has 4 nitrogen and oxygen atoms in total. The normalized spacial score (nSPS) is 10.1. The lowest BCUT2D eigenvalue weighted by Gasteiger charge is -2.00. The summed E-state index contributed by atoms with van der Waals surface area (Å²) in [6.07, 6.45) is 0. The van der Waals surface area contributed by atoms with E-state index in [2.05, 4.69) is 15.9 Å². The molecule has 1 aromatic rings. The molecule has 0 heterocycles. The van der Waals surface area contributed by atoms with Gasteiger partial charge in [0.2, 0.25) is 5.82 Å². The van der Waals surface area contributed by atoms with Crippen LogP contribution in [0.15, 0.2) is 16.6 Å². The van der Waals surface area contributed by atoms with Gasteiger partial charge in [0.05, 0.1) is 16.0 Å². The summed E-state index contributed by atoms with van der Waals surface area (Å²) >= 11 is 2.85. The van der Waals surface area contributed by atoms with Crippen molar-refractivity contribution in [1.82, 2.24) is 0 Å². The third-order valence-corrected chi connectivity index (χ3v) is 2.05. The van der Waals surface area contributed by atoms with E-state index in [0.29, 0.717) is 0 Å². The molecule has 1 N–H and O–H groups in total. The van der Waals surface area contributed by atoms with E-state index in [9.17, 15) is 14.5 Å². The molecule has 0 bridgehead atoms. The predicted octanol–water partition coefficient (Wildman–Crippen LogP) is 1.99. The van der Waals surface area contributed by atoms with Gasteiger partial charge >= 0.3 is 5.69 Å². The molecule has 0 saturated carbocycles. The second kappa shape index (κ2) is 3.80. The molecule has 0 amide bonds. The Morgan fingerprint density at radius 2 is 2.23 bits per heavy atom. The number of nitrogens with zero attached hydrogens (tertiary/aromatic N) is 1. The molecule has 0 aliphatic rings. The number of hydrogen-bond acceptors (Lipinski definition) is 3. The van der Waals surface area contributed by atoms with Crippen molar-refractivity contribution in [3.63, 3.8) is 0 Å². The van der Waals surface area contributed by atoms with Gasteiger partial charge in [-0.1, -0.05) is 0 Å². The SMILES string of the molecule is O=[N+]([O-])c1c(F)cc(CO)cc1Br. The van der Waals surface area contributed by atoms with Crippen LogP contribution in [0.25, 0.3) is 0 Å². The second-order valence-electron chi connectivity index (χ2n) is 2.32. The second-order valence-corrected chi connectivity index (χ2v) is 3.18. The summed E-state index contributed by atoms with van der Waals surface area (Å²) in [6, 6.07) is 2.24. The Morgan fingerprint density at radius 1 is 1.62 bits per heavy atom. The van der Waals surface area contributed by atoms with E-state index in [-0.39, 0.29) is 16.6 Å². The standard InChI is InChI=1S/C7H5BrFNO3/c8-5-1-4(3-11)2-6(9)7(5)10(12)13/h1-2,11H,3H2. The highest BCUT2D eigenvalue weighted by atomic mass is 79.9. The largest absolute Gasteiger partial charge is 0.392 e. The van der Waals surface area contributed by atoms with E-state index in [1.54, 1.807) is 0 Å². The molecule has 0 aliphatic heterocycles. The molecule has 70 valence electrons. The monoisotopic (exact) mass is 249 g/mol. The molecule has 0 saturated heterocycles. The summed E-state index contributed by atoms with van der Waals surface area (Å²) in [5.74, 6) is -0.955. The minimum absolute atomic E-state index is 0.0292. The summed E-state index contributed by atoms with van der Waals surface area (Å²) in [5, 5.41) is 19.0. The third kappa shape index (κ3) is 2.02. The van der Waals surface area contributed by atoms with E-state index in [1.807, 2.05) is 0 Å². The van der Waals surface area contributed by atoms with Crippen LogP contribution in [0.4, 0.5) is 10.1 Å². The molecular weight excluding hydrogens is 245 g/mol. The Kier molecular flexibility index (Phi) is 2.94. The number of halogens is 2. The number of aliphatic hydroxyl groups is 1. The van der Waals surface area contributed by atoms with Gasteiger partial charge in [0, 0.05) is 0 Å². The van der Waals surface area contributed by atoms with Crippen LogP contribution in [0, 0.1) is 15.9 Å². The molecule has 0 unspecified atom stereocenters. The highest BCUT2D eigenvalue weighted by molar-refractivity contribution is 9.10. The Hall–Kier alpha value is -1.01. The van der Waals surface area contributed by atoms with Gasteiger partial charge in [0.1, 0.15) is 0 Å². The quantitative estimate of drug-likeness (QED) is 0.644. The first-order valence-electron chi connectivity index (χ1n) is 3.29. The Balaban J connectivity index is 3.31. The molecule has 1 aromatic carbocycles. The number of benzene rings is 1. The van der Waals surface area contributed by atoms with Gasteiger partial charge in [0.25, 0.3) is 0 Å². The molecule has 13 heavy (non-hydrogen) atoms. The topological polar surface area (TPSA) is 63.4 Å². The van der Waals surface area contributed by atoms with Crippen molar-refractivity contribution in [3.05, 3.63) is 38.1 Å². The summed E-state index contributed by atoms with van der Waals surface area (Å²) in [4.78, 5) is 9.50. The van der Waals surface area contributed by atoms with Crippen molar-refractivity contribution in [3.8, 4) is 0 Å². The zero-order valence-electron chi connectivity index (χ0n) is 6.33. The molecule has 0 fully saturated rings. The lowest BCUT2D eigenvalue weighted by atomic mass is 10.2. The van der Waals surface area contributed by atoms with Gasteiger partial charge in [-0.3, -0.25) is 10.1 Å². The minimum atomic E-state index is -0.955. The molecule has 6 heteroatoms. The average Bonchev–Trinajstić information content (AvgIpc) is 2.02.